The van der Waals surface area contributed by atoms with E-state index in [-0.39, 0.29) is 41.4 Å². The summed E-state index contributed by atoms with van der Waals surface area (Å²) in [6, 6.07) is 0. The van der Waals surface area contributed by atoms with Crippen molar-refractivity contribution in [3.05, 3.63) is 11.6 Å². The molecule has 332 valence electrons. The van der Waals surface area contributed by atoms with Gasteiger partial charge in [-0.2, -0.15) is 0 Å². The summed E-state index contributed by atoms with van der Waals surface area (Å²) in [7, 11) is -5.28. The summed E-state index contributed by atoms with van der Waals surface area (Å²) in [5.74, 6) is -0.183. The van der Waals surface area contributed by atoms with Crippen LogP contribution in [0, 0.1) is 39.4 Å². The van der Waals surface area contributed by atoms with Gasteiger partial charge in [0.1, 0.15) is 53.2 Å². The number of carbonyl (C=O) groups is 1. The summed E-state index contributed by atoms with van der Waals surface area (Å²) in [5, 5.41) is 67.8. The Morgan fingerprint density at radius 1 is 0.915 bits per heavy atom. The Bertz CT molecular complexity index is 1730. The van der Waals surface area contributed by atoms with Gasteiger partial charge < -0.3 is 58.9 Å². The smallest absolute Gasteiger partial charge is 0.726 e. The molecular weight excluding hydrogens is 803 g/mol. The van der Waals surface area contributed by atoms with E-state index in [1.807, 2.05) is 13.0 Å². The van der Waals surface area contributed by atoms with Crippen LogP contribution >= 0.6 is 0 Å². The van der Waals surface area contributed by atoms with Crippen molar-refractivity contribution in [1.29, 1.82) is 0 Å². The number of hydrogen-bond donors (Lipinski definition) is 6. The fraction of sp³-hybridized carbons (Fsp3) is 0.927. The van der Waals surface area contributed by atoms with E-state index in [9.17, 15) is 48.4 Å². The van der Waals surface area contributed by atoms with E-state index in [0.29, 0.717) is 44.4 Å². The molecule has 1 spiro atoms. The molecule has 0 radical (unpaired) electrons. The van der Waals surface area contributed by atoms with Crippen LogP contribution in [0.1, 0.15) is 113 Å². The van der Waals surface area contributed by atoms with Gasteiger partial charge in [0.05, 0.1) is 24.9 Å². The minimum atomic E-state index is -5.28. The van der Waals surface area contributed by atoms with Crippen LogP contribution in [-0.4, -0.2) is 135 Å². The molecule has 6 N–H and O–H groups in total. The zero-order chi connectivity index (χ0) is 42.8. The van der Waals surface area contributed by atoms with Gasteiger partial charge in [-0.15, -0.1) is 0 Å². The van der Waals surface area contributed by atoms with Gasteiger partial charge in [0.2, 0.25) is 10.4 Å². The predicted octanol–water partition coefficient (Wildman–Crippen LogP) is -1.04. The van der Waals surface area contributed by atoms with E-state index in [2.05, 4.69) is 45.7 Å². The zero-order valence-corrected chi connectivity index (χ0v) is 38.7. The molecule has 7 rings (SSSR count). The standard InChI is InChI=1S/C41H66O16S.Na/c1-20(2)10-9-14-39(8)40(48)17-16-38(7)22-11-12-25-36(4,5)27(13-15-37(25,6)23(22)18-26(42)41(38,40)35(47)56-39)54-34-32(29(44)24(19-52-34)57-58(49,50)51)55-33-31(46)30(45)28(43)21(3)53-33;/h18,20-22,24-34,42-46,48H,9-17,19H2,1-8H3,(H,49,50,51);/q;+1/p-1/t21-,22-,24-,25+,26+,27?,28-,29+,30+,31-,32-,33+,34+,37-,38+,39+,40+,41?;/m1./s1. The van der Waals surface area contributed by atoms with Crippen molar-refractivity contribution < 1.29 is 106 Å². The Kier molecular flexibility index (Phi) is 13.3. The first kappa shape index (κ1) is 48.1. The van der Waals surface area contributed by atoms with Crippen LogP contribution in [0.2, 0.25) is 0 Å². The number of rotatable bonds is 10. The van der Waals surface area contributed by atoms with Crippen molar-refractivity contribution in [2.75, 3.05) is 6.61 Å². The van der Waals surface area contributed by atoms with Crippen molar-refractivity contribution in [3.8, 4) is 0 Å². The van der Waals surface area contributed by atoms with Crippen molar-refractivity contribution in [2.24, 2.45) is 39.4 Å². The molecule has 3 saturated carbocycles. The van der Waals surface area contributed by atoms with Crippen molar-refractivity contribution >= 4 is 16.4 Å². The minimum Gasteiger partial charge on any atom is -0.726 e. The molecule has 4 aliphatic carbocycles. The van der Waals surface area contributed by atoms with Gasteiger partial charge >= 0.3 is 35.5 Å². The van der Waals surface area contributed by atoms with Crippen LogP contribution < -0.4 is 29.6 Å². The van der Waals surface area contributed by atoms with E-state index in [1.54, 1.807) is 0 Å². The molecule has 0 bridgehead atoms. The van der Waals surface area contributed by atoms with Crippen molar-refractivity contribution in [1.82, 2.24) is 0 Å². The largest absolute Gasteiger partial charge is 1.00 e. The number of hydrogen-bond acceptors (Lipinski definition) is 16. The molecule has 3 heterocycles. The molecule has 3 saturated heterocycles. The molecular formula is C41H65NaO16S. The first-order chi connectivity index (χ1) is 26.8. The molecule has 0 aromatic heterocycles. The summed E-state index contributed by atoms with van der Waals surface area (Å²) in [4.78, 5) is 14.3. The molecule has 16 nitrogen and oxygen atoms in total. The molecule has 2 unspecified atom stereocenters. The first-order valence-electron chi connectivity index (χ1n) is 21.1. The van der Waals surface area contributed by atoms with Crippen LogP contribution in [0.15, 0.2) is 11.6 Å². The number of esters is 1. The minimum absolute atomic E-state index is 0. The number of fused-ring (bicyclic) bond motifs is 4. The summed E-state index contributed by atoms with van der Waals surface area (Å²) >= 11 is 0. The van der Waals surface area contributed by atoms with Crippen molar-refractivity contribution in [3.63, 3.8) is 0 Å². The molecule has 0 aromatic carbocycles. The Hall–Kier alpha value is -0.320. The number of allylic oxidation sites excluding steroid dienone is 1. The maximum Gasteiger partial charge on any atom is 1.00 e. The molecule has 59 heavy (non-hydrogen) atoms. The Morgan fingerprint density at radius 3 is 2.24 bits per heavy atom. The van der Waals surface area contributed by atoms with Gasteiger partial charge in [0, 0.05) is 0 Å². The summed E-state index contributed by atoms with van der Waals surface area (Å²) < 4.78 is 69.5. The quantitative estimate of drug-likeness (QED) is 0.0383. The van der Waals surface area contributed by atoms with Gasteiger partial charge in [0.15, 0.2) is 12.6 Å². The summed E-state index contributed by atoms with van der Waals surface area (Å²) in [5.41, 5.74) is -4.92. The monoisotopic (exact) mass is 868 g/mol. The van der Waals surface area contributed by atoms with E-state index in [0.717, 1.165) is 24.8 Å². The molecule has 18 atom stereocenters. The first-order valence-corrected chi connectivity index (χ1v) is 22.4. The van der Waals surface area contributed by atoms with E-state index in [4.69, 9.17) is 23.7 Å². The average Bonchev–Trinajstić information content (AvgIpc) is 3.48. The second-order valence-corrected chi connectivity index (χ2v) is 21.2. The SMILES string of the molecule is CC(C)CCC[C@]1(C)OC(=O)C23[C@@H](O)C=C4[C@@H](CC[C@H]5C(C)(C)C(O[C@@H]6OC[C@@H](OS(=O)(=O)[O-])[C@H](O)[C@H]6O[C@@H]6O[C@H](C)[C@@H](O)[C@H](O)[C@H]6O)CC[C@]45C)[C@]2(C)CC[C@@]31O.[Na+]. The second kappa shape index (κ2) is 16.3. The topological polar surface area (TPSA) is 251 Å². The molecule has 6 fully saturated rings. The van der Waals surface area contributed by atoms with E-state index >= 15 is 0 Å². The summed E-state index contributed by atoms with van der Waals surface area (Å²) in [6.07, 6.45) is -8.27. The third-order valence-electron chi connectivity index (χ3n) is 16.3. The molecule has 0 aromatic rings. The van der Waals surface area contributed by atoms with E-state index < -0.39 is 123 Å². The normalized spacial score (nSPS) is 50.5. The van der Waals surface area contributed by atoms with Crippen LogP contribution in [0.4, 0.5) is 0 Å². The maximum absolute atomic E-state index is 14.3. The number of cyclic esters (lactones) is 1. The van der Waals surface area contributed by atoms with Gasteiger partial charge in [-0.1, -0.05) is 59.6 Å². The Balaban J connectivity index is 0.00000585. The number of carbonyl (C=O) groups excluding carboxylic acids is 1. The Labute approximate surface area is 369 Å². The predicted molar refractivity (Wildman–Crippen MR) is 202 cm³/mol. The number of aliphatic hydroxyl groups excluding tert-OH is 5. The molecule has 0 amide bonds. The van der Waals surface area contributed by atoms with E-state index in [1.165, 1.54) is 6.92 Å². The Morgan fingerprint density at radius 2 is 1.59 bits per heavy atom. The van der Waals surface area contributed by atoms with Crippen LogP contribution in [0.5, 0.6) is 0 Å². The van der Waals surface area contributed by atoms with Crippen LogP contribution in [0.3, 0.4) is 0 Å². The number of aliphatic hydroxyl groups is 6. The van der Waals surface area contributed by atoms with Crippen LogP contribution in [0.25, 0.3) is 0 Å². The zero-order valence-electron chi connectivity index (χ0n) is 35.9. The molecule has 3 aliphatic heterocycles. The van der Waals surface area contributed by atoms with Gasteiger partial charge in [-0.05, 0) is 99.2 Å². The molecule has 18 heteroatoms. The fourth-order valence-electron chi connectivity index (χ4n) is 13.2. The van der Waals surface area contributed by atoms with Crippen molar-refractivity contribution in [2.45, 2.75) is 192 Å². The third-order valence-corrected chi connectivity index (χ3v) is 16.8. The summed E-state index contributed by atoms with van der Waals surface area (Å²) in [6.45, 7) is 15.4. The third kappa shape index (κ3) is 7.28. The van der Waals surface area contributed by atoms with Gasteiger partial charge in [-0.25, -0.2) is 8.42 Å². The second-order valence-electron chi connectivity index (χ2n) is 20.2. The van der Waals surface area contributed by atoms with Gasteiger partial charge in [0.25, 0.3) is 0 Å². The molecule has 7 aliphatic rings. The fourth-order valence-corrected chi connectivity index (χ4v) is 13.6. The average molecular weight is 869 g/mol. The van der Waals surface area contributed by atoms with Gasteiger partial charge in [-0.3, -0.25) is 8.98 Å². The number of ether oxygens (including phenoxy) is 5. The van der Waals surface area contributed by atoms with Crippen LogP contribution in [-0.2, 0) is 43.1 Å². The maximum atomic E-state index is 14.3.